The number of anilines is 1. The Morgan fingerprint density at radius 2 is 2.14 bits per heavy atom. The maximum absolute atomic E-state index is 12.3. The zero-order chi connectivity index (χ0) is 15.2. The van der Waals surface area contributed by atoms with Crippen molar-refractivity contribution in [2.24, 2.45) is 11.8 Å². The Balaban J connectivity index is 2.00. The van der Waals surface area contributed by atoms with E-state index in [0.717, 1.165) is 43.4 Å². The van der Waals surface area contributed by atoms with Gasteiger partial charge in [0.25, 0.3) is 5.91 Å². The van der Waals surface area contributed by atoms with Crippen LogP contribution in [0.3, 0.4) is 0 Å². The zero-order valence-electron chi connectivity index (χ0n) is 13.4. The summed E-state index contributed by atoms with van der Waals surface area (Å²) in [4.78, 5) is 16.8. The Labute approximate surface area is 127 Å². The summed E-state index contributed by atoms with van der Waals surface area (Å²) in [6.45, 7) is 8.04. The molecule has 1 aromatic rings. The fourth-order valence-corrected chi connectivity index (χ4v) is 2.43. The van der Waals surface area contributed by atoms with Gasteiger partial charge in [0.05, 0.1) is 0 Å². The van der Waals surface area contributed by atoms with Crippen LogP contribution in [0, 0.1) is 11.8 Å². The second-order valence-electron chi connectivity index (χ2n) is 6.04. The molecule has 0 radical (unpaired) electrons. The predicted octanol–water partition coefficient (Wildman–Crippen LogP) is 3.24. The number of aryl methyl sites for hydroxylation is 1. The van der Waals surface area contributed by atoms with Crippen molar-refractivity contribution in [3.63, 3.8) is 0 Å². The number of aromatic nitrogens is 1. The van der Waals surface area contributed by atoms with E-state index in [1.54, 1.807) is 0 Å². The second-order valence-corrected chi connectivity index (χ2v) is 6.04. The minimum atomic E-state index is 0.0131. The Morgan fingerprint density at radius 1 is 1.38 bits per heavy atom. The minimum Gasteiger partial charge on any atom is -0.370 e. The van der Waals surface area contributed by atoms with Gasteiger partial charge in [0.15, 0.2) is 0 Å². The number of pyridine rings is 1. The molecule has 4 heteroatoms. The Morgan fingerprint density at radius 3 is 2.76 bits per heavy atom. The lowest BCUT2D eigenvalue weighted by Crippen LogP contribution is -2.29. The quantitative estimate of drug-likeness (QED) is 0.772. The fourth-order valence-electron chi connectivity index (χ4n) is 2.43. The summed E-state index contributed by atoms with van der Waals surface area (Å²) in [5.41, 5.74) is 1.67. The highest BCUT2D eigenvalue weighted by atomic mass is 16.1. The molecule has 0 aromatic carbocycles. The zero-order valence-corrected chi connectivity index (χ0v) is 13.4. The fraction of sp³-hybridized carbons (Fsp3) is 0.647. The average molecular weight is 289 g/mol. The summed E-state index contributed by atoms with van der Waals surface area (Å²) in [6.07, 6.45) is 4.51. The molecular weight excluding hydrogens is 262 g/mol. The average Bonchev–Trinajstić information content (AvgIpc) is 3.34. The van der Waals surface area contributed by atoms with Gasteiger partial charge in [-0.25, -0.2) is 4.98 Å². The molecule has 1 aromatic heterocycles. The SMILES string of the molecule is CCCNc1cc(C(=O)NCC(C)C2CC2)cc(CC)n1. The van der Waals surface area contributed by atoms with Crippen LogP contribution in [0.4, 0.5) is 5.82 Å². The number of nitrogens with zero attached hydrogens (tertiary/aromatic N) is 1. The molecule has 2 rings (SSSR count). The molecule has 21 heavy (non-hydrogen) atoms. The second kappa shape index (κ2) is 7.43. The summed E-state index contributed by atoms with van der Waals surface area (Å²) >= 11 is 0. The van der Waals surface area contributed by atoms with E-state index in [0.29, 0.717) is 11.5 Å². The van der Waals surface area contributed by atoms with Crippen molar-refractivity contribution in [3.05, 3.63) is 23.4 Å². The van der Waals surface area contributed by atoms with Gasteiger partial charge in [-0.3, -0.25) is 4.79 Å². The van der Waals surface area contributed by atoms with E-state index in [9.17, 15) is 4.79 Å². The van der Waals surface area contributed by atoms with Gasteiger partial charge >= 0.3 is 0 Å². The molecule has 1 aliphatic carbocycles. The summed E-state index contributed by atoms with van der Waals surface area (Å²) in [5.74, 6) is 2.21. The van der Waals surface area contributed by atoms with Crippen LogP contribution in [0.25, 0.3) is 0 Å². The van der Waals surface area contributed by atoms with E-state index < -0.39 is 0 Å². The van der Waals surface area contributed by atoms with E-state index in [-0.39, 0.29) is 5.91 Å². The van der Waals surface area contributed by atoms with Gasteiger partial charge in [0.2, 0.25) is 0 Å². The molecule has 1 atom stereocenters. The van der Waals surface area contributed by atoms with Gasteiger partial charge in [-0.05, 0) is 49.7 Å². The first-order chi connectivity index (χ1) is 10.1. The summed E-state index contributed by atoms with van der Waals surface area (Å²) in [6, 6.07) is 3.75. The third kappa shape index (κ3) is 4.73. The van der Waals surface area contributed by atoms with Gasteiger partial charge in [0.1, 0.15) is 5.82 Å². The normalized spacial score (nSPS) is 15.6. The lowest BCUT2D eigenvalue weighted by Gasteiger charge is -2.13. The van der Waals surface area contributed by atoms with Crippen LogP contribution in [0.2, 0.25) is 0 Å². The molecule has 0 spiro atoms. The first-order valence-electron chi connectivity index (χ1n) is 8.17. The molecule has 0 bridgehead atoms. The van der Waals surface area contributed by atoms with Gasteiger partial charge < -0.3 is 10.6 Å². The Kier molecular flexibility index (Phi) is 5.59. The molecule has 1 saturated carbocycles. The number of nitrogens with one attached hydrogen (secondary N) is 2. The predicted molar refractivity (Wildman–Crippen MR) is 86.6 cm³/mol. The van der Waals surface area contributed by atoms with Crippen LogP contribution in [0.15, 0.2) is 12.1 Å². The van der Waals surface area contributed by atoms with Crippen LogP contribution < -0.4 is 10.6 Å². The van der Waals surface area contributed by atoms with E-state index in [1.165, 1.54) is 12.8 Å². The summed E-state index contributed by atoms with van der Waals surface area (Å²) in [5, 5.41) is 6.33. The number of amides is 1. The Bertz CT molecular complexity index is 483. The molecule has 1 amide bonds. The number of carbonyl (C=O) groups excluding carboxylic acids is 1. The summed E-state index contributed by atoms with van der Waals surface area (Å²) in [7, 11) is 0. The lowest BCUT2D eigenvalue weighted by atomic mass is 10.1. The molecule has 1 aliphatic rings. The van der Waals surface area contributed by atoms with Crippen molar-refractivity contribution in [2.45, 2.75) is 46.5 Å². The van der Waals surface area contributed by atoms with Gasteiger partial charge in [-0.15, -0.1) is 0 Å². The van der Waals surface area contributed by atoms with E-state index >= 15 is 0 Å². The van der Waals surface area contributed by atoms with Crippen LogP contribution in [-0.2, 0) is 6.42 Å². The molecule has 116 valence electrons. The molecule has 0 saturated heterocycles. The maximum Gasteiger partial charge on any atom is 0.251 e. The number of carbonyl (C=O) groups is 1. The van der Waals surface area contributed by atoms with Crippen molar-refractivity contribution in [1.82, 2.24) is 10.3 Å². The highest BCUT2D eigenvalue weighted by Gasteiger charge is 2.27. The minimum absolute atomic E-state index is 0.0131. The van der Waals surface area contributed by atoms with Crippen molar-refractivity contribution in [3.8, 4) is 0 Å². The molecule has 2 N–H and O–H groups in total. The molecule has 4 nitrogen and oxygen atoms in total. The van der Waals surface area contributed by atoms with Gasteiger partial charge in [-0.1, -0.05) is 20.8 Å². The lowest BCUT2D eigenvalue weighted by molar-refractivity contribution is 0.0946. The van der Waals surface area contributed by atoms with Crippen LogP contribution in [0.1, 0.15) is 56.1 Å². The van der Waals surface area contributed by atoms with E-state index in [2.05, 4.69) is 36.4 Å². The first-order valence-corrected chi connectivity index (χ1v) is 8.17. The van der Waals surface area contributed by atoms with Crippen molar-refractivity contribution >= 4 is 11.7 Å². The molecule has 1 heterocycles. The Hall–Kier alpha value is -1.58. The third-order valence-electron chi connectivity index (χ3n) is 4.07. The summed E-state index contributed by atoms with van der Waals surface area (Å²) < 4.78 is 0. The first kappa shape index (κ1) is 15.8. The van der Waals surface area contributed by atoms with Gasteiger partial charge in [0, 0.05) is 24.3 Å². The highest BCUT2D eigenvalue weighted by molar-refractivity contribution is 5.95. The standard InChI is InChI=1S/C17H27N3O/c1-4-8-18-16-10-14(9-15(5-2)20-16)17(21)19-11-12(3)13-6-7-13/h9-10,12-13H,4-8,11H2,1-3H3,(H,18,20)(H,19,21). The van der Waals surface area contributed by atoms with Crippen molar-refractivity contribution < 1.29 is 4.79 Å². The van der Waals surface area contributed by atoms with E-state index in [4.69, 9.17) is 0 Å². The molecule has 1 unspecified atom stereocenters. The monoisotopic (exact) mass is 289 g/mol. The van der Waals surface area contributed by atoms with Crippen LogP contribution in [0.5, 0.6) is 0 Å². The van der Waals surface area contributed by atoms with Crippen molar-refractivity contribution in [2.75, 3.05) is 18.4 Å². The molecular formula is C17H27N3O. The van der Waals surface area contributed by atoms with E-state index in [1.807, 2.05) is 12.1 Å². The van der Waals surface area contributed by atoms with Crippen LogP contribution in [-0.4, -0.2) is 24.0 Å². The largest absolute Gasteiger partial charge is 0.370 e. The van der Waals surface area contributed by atoms with Gasteiger partial charge in [-0.2, -0.15) is 0 Å². The van der Waals surface area contributed by atoms with Crippen LogP contribution >= 0.6 is 0 Å². The number of rotatable bonds is 8. The topological polar surface area (TPSA) is 54.0 Å². The third-order valence-corrected chi connectivity index (χ3v) is 4.07. The molecule has 1 fully saturated rings. The maximum atomic E-state index is 12.3. The molecule has 0 aliphatic heterocycles. The number of hydrogen-bond donors (Lipinski definition) is 2. The number of hydrogen-bond acceptors (Lipinski definition) is 3. The smallest absolute Gasteiger partial charge is 0.251 e. The highest BCUT2D eigenvalue weighted by Crippen LogP contribution is 2.36. The van der Waals surface area contributed by atoms with Crippen molar-refractivity contribution in [1.29, 1.82) is 0 Å².